The molecule has 0 aromatic carbocycles. The fourth-order valence-electron chi connectivity index (χ4n) is 1.85. The van der Waals surface area contributed by atoms with Crippen molar-refractivity contribution >= 4 is 10.0 Å². The highest BCUT2D eigenvalue weighted by Gasteiger charge is 2.23. The molecule has 0 aliphatic rings. The minimum Gasteiger partial charge on any atom is -0.447 e. The average molecular weight is 316 g/mol. The van der Waals surface area contributed by atoms with Crippen molar-refractivity contribution in [2.24, 2.45) is 11.8 Å². The summed E-state index contributed by atoms with van der Waals surface area (Å²) in [6.07, 6.45) is 0.923. The monoisotopic (exact) mass is 316 g/mol. The second kappa shape index (κ2) is 7.96. The quantitative estimate of drug-likeness (QED) is 0.735. The molecule has 0 aliphatic carbocycles. The maximum Gasteiger partial charge on any atom is 0.274 e. The molecule has 1 aromatic heterocycles. The zero-order valence-electron chi connectivity index (χ0n) is 13.6. The van der Waals surface area contributed by atoms with Gasteiger partial charge in [0, 0.05) is 6.04 Å². The first-order valence-electron chi connectivity index (χ1n) is 7.58. The van der Waals surface area contributed by atoms with Gasteiger partial charge in [-0.3, -0.25) is 0 Å². The first kappa shape index (κ1) is 18.2. The van der Waals surface area contributed by atoms with Gasteiger partial charge in [0.25, 0.3) is 10.0 Å². The van der Waals surface area contributed by atoms with Crippen LogP contribution in [0.3, 0.4) is 0 Å². The van der Waals surface area contributed by atoms with Gasteiger partial charge < -0.3 is 9.73 Å². The van der Waals surface area contributed by atoms with Gasteiger partial charge in [0.2, 0.25) is 5.09 Å². The topological polar surface area (TPSA) is 71.3 Å². The van der Waals surface area contributed by atoms with Crippen LogP contribution in [0.1, 0.15) is 46.8 Å². The lowest BCUT2D eigenvalue weighted by Gasteiger charge is -2.18. The highest BCUT2D eigenvalue weighted by atomic mass is 32.2. The summed E-state index contributed by atoms with van der Waals surface area (Å²) in [5.41, 5.74) is 0. The lowest BCUT2D eigenvalue weighted by molar-refractivity contribution is 0.385. The third-order valence-corrected chi connectivity index (χ3v) is 5.02. The van der Waals surface area contributed by atoms with Gasteiger partial charge in [-0.05, 0) is 37.4 Å². The van der Waals surface area contributed by atoms with E-state index in [1.165, 1.54) is 6.07 Å². The minimum atomic E-state index is -3.58. The van der Waals surface area contributed by atoms with Crippen LogP contribution < -0.4 is 10.0 Å². The Morgan fingerprint density at radius 3 is 2.43 bits per heavy atom. The lowest BCUT2D eigenvalue weighted by Crippen LogP contribution is -2.36. The molecule has 6 heteroatoms. The van der Waals surface area contributed by atoms with Crippen LogP contribution in [0, 0.1) is 11.8 Å². The molecule has 0 spiro atoms. The predicted octanol–water partition coefficient (Wildman–Crippen LogP) is 2.74. The van der Waals surface area contributed by atoms with Crippen LogP contribution >= 0.6 is 0 Å². The molecule has 21 heavy (non-hydrogen) atoms. The number of furan rings is 1. The van der Waals surface area contributed by atoms with E-state index in [1.807, 2.05) is 20.8 Å². The first-order chi connectivity index (χ1) is 9.76. The van der Waals surface area contributed by atoms with Gasteiger partial charge in [-0.1, -0.05) is 34.1 Å². The smallest absolute Gasteiger partial charge is 0.274 e. The van der Waals surface area contributed by atoms with Crippen molar-refractivity contribution in [3.05, 3.63) is 17.9 Å². The number of sulfonamides is 1. The molecule has 122 valence electrons. The summed E-state index contributed by atoms with van der Waals surface area (Å²) >= 11 is 0. The Balaban J connectivity index is 2.65. The molecule has 0 saturated heterocycles. The van der Waals surface area contributed by atoms with Crippen LogP contribution in [0.4, 0.5) is 0 Å². The zero-order valence-corrected chi connectivity index (χ0v) is 14.5. The van der Waals surface area contributed by atoms with E-state index < -0.39 is 10.0 Å². The van der Waals surface area contributed by atoms with Crippen molar-refractivity contribution in [3.8, 4) is 0 Å². The van der Waals surface area contributed by atoms with E-state index in [1.54, 1.807) is 6.07 Å². The Kier molecular flexibility index (Phi) is 6.90. The highest BCUT2D eigenvalue weighted by molar-refractivity contribution is 7.89. The first-order valence-corrected chi connectivity index (χ1v) is 9.06. The molecular weight excluding hydrogens is 288 g/mol. The normalized spacial score (nSPS) is 15.3. The van der Waals surface area contributed by atoms with Gasteiger partial charge >= 0.3 is 0 Å². The number of hydrogen-bond donors (Lipinski definition) is 2. The van der Waals surface area contributed by atoms with Crippen molar-refractivity contribution < 1.29 is 12.8 Å². The molecule has 0 amide bonds. The molecule has 1 rings (SSSR count). The van der Waals surface area contributed by atoms with Gasteiger partial charge in [0.05, 0.1) is 6.54 Å². The average Bonchev–Trinajstić information content (AvgIpc) is 2.86. The van der Waals surface area contributed by atoms with Crippen molar-refractivity contribution in [2.75, 3.05) is 6.54 Å². The summed E-state index contributed by atoms with van der Waals surface area (Å²) in [4.78, 5) is 0. The van der Waals surface area contributed by atoms with E-state index in [0.717, 1.165) is 13.0 Å². The molecule has 0 aliphatic heterocycles. The van der Waals surface area contributed by atoms with Crippen LogP contribution in [0.25, 0.3) is 0 Å². The van der Waals surface area contributed by atoms with Crippen LogP contribution in [-0.4, -0.2) is 21.0 Å². The standard InChI is InChI=1S/C15H28N2O3S/c1-6-12(4)13(5)17-21(18,19)15-8-7-14(20-15)10-16-9-11(2)3/h7-8,11-13,16-17H,6,9-10H2,1-5H3. The second-order valence-electron chi connectivity index (χ2n) is 6.04. The van der Waals surface area contributed by atoms with Gasteiger partial charge in [-0.2, -0.15) is 0 Å². The minimum absolute atomic E-state index is 0.0148. The largest absolute Gasteiger partial charge is 0.447 e. The SMILES string of the molecule is CCC(C)C(C)NS(=O)(=O)c1ccc(CNCC(C)C)o1. The Labute approximate surface area is 128 Å². The molecule has 0 radical (unpaired) electrons. The number of nitrogens with one attached hydrogen (secondary N) is 2. The van der Waals surface area contributed by atoms with Crippen molar-refractivity contribution in [1.29, 1.82) is 0 Å². The Hall–Kier alpha value is -0.850. The molecule has 0 fully saturated rings. The Morgan fingerprint density at radius 1 is 1.19 bits per heavy atom. The summed E-state index contributed by atoms with van der Waals surface area (Å²) in [6.45, 7) is 11.6. The van der Waals surface area contributed by atoms with E-state index in [-0.39, 0.29) is 17.1 Å². The Bertz CT molecular complexity index is 523. The molecule has 2 unspecified atom stereocenters. The molecule has 1 aromatic rings. The van der Waals surface area contributed by atoms with Crippen molar-refractivity contribution in [2.45, 2.75) is 58.7 Å². The maximum absolute atomic E-state index is 12.2. The molecule has 0 bridgehead atoms. The molecule has 1 heterocycles. The zero-order chi connectivity index (χ0) is 16.0. The van der Waals surface area contributed by atoms with Gasteiger partial charge in [-0.15, -0.1) is 0 Å². The molecule has 0 saturated carbocycles. The third-order valence-electron chi connectivity index (χ3n) is 3.59. The molecular formula is C15H28N2O3S. The van der Waals surface area contributed by atoms with Crippen LogP contribution in [0.15, 0.2) is 21.6 Å². The lowest BCUT2D eigenvalue weighted by atomic mass is 10.0. The second-order valence-corrected chi connectivity index (χ2v) is 7.69. The van der Waals surface area contributed by atoms with Crippen molar-refractivity contribution in [3.63, 3.8) is 0 Å². The van der Waals surface area contributed by atoms with E-state index in [2.05, 4.69) is 23.9 Å². The van der Waals surface area contributed by atoms with Gasteiger partial charge in [-0.25, -0.2) is 13.1 Å². The molecule has 5 nitrogen and oxygen atoms in total. The summed E-state index contributed by atoms with van der Waals surface area (Å²) in [6, 6.07) is 3.10. The Morgan fingerprint density at radius 2 is 1.86 bits per heavy atom. The third kappa shape index (κ3) is 5.80. The van der Waals surface area contributed by atoms with Crippen molar-refractivity contribution in [1.82, 2.24) is 10.0 Å². The summed E-state index contributed by atoms with van der Waals surface area (Å²) < 4.78 is 32.6. The van der Waals surface area contributed by atoms with Gasteiger partial charge in [0.15, 0.2) is 0 Å². The fourth-order valence-corrected chi connectivity index (χ4v) is 3.16. The summed E-state index contributed by atoms with van der Waals surface area (Å²) in [5.74, 6) is 1.45. The van der Waals surface area contributed by atoms with Crippen LogP contribution in [0.2, 0.25) is 0 Å². The number of rotatable bonds is 9. The van der Waals surface area contributed by atoms with E-state index in [4.69, 9.17) is 4.42 Å². The molecule has 2 atom stereocenters. The van der Waals surface area contributed by atoms with E-state index in [9.17, 15) is 8.42 Å². The molecule has 2 N–H and O–H groups in total. The maximum atomic E-state index is 12.2. The number of hydrogen-bond acceptors (Lipinski definition) is 4. The predicted molar refractivity (Wildman–Crippen MR) is 84.5 cm³/mol. The van der Waals surface area contributed by atoms with Crippen LogP contribution in [-0.2, 0) is 16.6 Å². The van der Waals surface area contributed by atoms with E-state index >= 15 is 0 Å². The van der Waals surface area contributed by atoms with Gasteiger partial charge in [0.1, 0.15) is 5.76 Å². The van der Waals surface area contributed by atoms with Crippen LogP contribution in [0.5, 0.6) is 0 Å². The summed E-state index contributed by atoms with van der Waals surface area (Å²) in [5, 5.41) is 3.21. The summed E-state index contributed by atoms with van der Waals surface area (Å²) in [7, 11) is -3.58. The van der Waals surface area contributed by atoms with E-state index in [0.29, 0.717) is 18.2 Å². The highest BCUT2D eigenvalue weighted by Crippen LogP contribution is 2.16. The fraction of sp³-hybridized carbons (Fsp3) is 0.733.